The van der Waals surface area contributed by atoms with E-state index in [9.17, 15) is 4.79 Å². The summed E-state index contributed by atoms with van der Waals surface area (Å²) in [5.41, 5.74) is 2.86. The number of aromatic nitrogens is 1. The van der Waals surface area contributed by atoms with Gasteiger partial charge < -0.3 is 10.2 Å². The third-order valence-corrected chi connectivity index (χ3v) is 3.98. The number of nitrogens with zero attached hydrogens (tertiary/aromatic N) is 2. The number of hydrogen-bond donors (Lipinski definition) is 1. The Morgan fingerprint density at radius 2 is 2.41 bits per heavy atom. The van der Waals surface area contributed by atoms with E-state index in [-0.39, 0.29) is 5.91 Å². The van der Waals surface area contributed by atoms with Crippen molar-refractivity contribution in [1.82, 2.24) is 15.2 Å². The molecule has 0 spiro atoms. The summed E-state index contributed by atoms with van der Waals surface area (Å²) < 4.78 is 0. The minimum atomic E-state index is 0.151. The predicted molar refractivity (Wildman–Crippen MR) is 68.9 cm³/mol. The van der Waals surface area contributed by atoms with Gasteiger partial charge in [0.2, 0.25) is 5.91 Å². The average molecular weight is 253 g/mol. The summed E-state index contributed by atoms with van der Waals surface area (Å²) in [7, 11) is 1.85. The van der Waals surface area contributed by atoms with Gasteiger partial charge in [-0.05, 0) is 32.2 Å². The van der Waals surface area contributed by atoms with Gasteiger partial charge in [-0.3, -0.25) is 4.79 Å². The Balaban J connectivity index is 1.72. The first-order valence-electron chi connectivity index (χ1n) is 6.00. The molecule has 0 aliphatic heterocycles. The van der Waals surface area contributed by atoms with E-state index >= 15 is 0 Å². The number of rotatable bonds is 6. The third-order valence-electron chi connectivity index (χ3n) is 3.06. The Bertz CT molecular complexity index is 387. The minimum absolute atomic E-state index is 0.151. The number of hydrogen-bond acceptors (Lipinski definition) is 4. The summed E-state index contributed by atoms with van der Waals surface area (Å²) in [4.78, 5) is 19.0. The monoisotopic (exact) mass is 253 g/mol. The molecule has 1 saturated carbocycles. The number of thiazole rings is 1. The standard InChI is InChI=1S/C12H19N3OS/c1-9-11(17-8-14-9)7-15(2)12(16)6-13-5-10-3-4-10/h8,10,13H,3-7H2,1-2H3. The van der Waals surface area contributed by atoms with Gasteiger partial charge in [-0.2, -0.15) is 0 Å². The molecule has 1 N–H and O–H groups in total. The van der Waals surface area contributed by atoms with E-state index in [0.29, 0.717) is 13.1 Å². The molecule has 17 heavy (non-hydrogen) atoms. The highest BCUT2D eigenvalue weighted by Crippen LogP contribution is 2.27. The van der Waals surface area contributed by atoms with Gasteiger partial charge in [0.15, 0.2) is 0 Å². The summed E-state index contributed by atoms with van der Waals surface area (Å²) in [5, 5.41) is 3.22. The fraction of sp³-hybridized carbons (Fsp3) is 0.667. The lowest BCUT2D eigenvalue weighted by molar-refractivity contribution is -0.129. The summed E-state index contributed by atoms with van der Waals surface area (Å²) in [6, 6.07) is 0. The fourth-order valence-corrected chi connectivity index (χ4v) is 2.45. The van der Waals surface area contributed by atoms with E-state index in [0.717, 1.165) is 18.2 Å². The summed E-state index contributed by atoms with van der Waals surface area (Å²) >= 11 is 1.61. The number of carbonyl (C=O) groups is 1. The second kappa shape index (κ2) is 5.60. The zero-order valence-corrected chi connectivity index (χ0v) is 11.2. The maximum absolute atomic E-state index is 11.8. The Morgan fingerprint density at radius 1 is 1.65 bits per heavy atom. The van der Waals surface area contributed by atoms with Crippen molar-refractivity contribution in [2.24, 2.45) is 5.92 Å². The summed E-state index contributed by atoms with van der Waals surface area (Å²) in [6.45, 7) is 4.08. The number of aryl methyl sites for hydroxylation is 1. The van der Waals surface area contributed by atoms with Crippen LogP contribution in [0.15, 0.2) is 5.51 Å². The minimum Gasteiger partial charge on any atom is -0.339 e. The lowest BCUT2D eigenvalue weighted by Crippen LogP contribution is -2.35. The molecule has 1 aromatic rings. The van der Waals surface area contributed by atoms with Crippen LogP contribution in [0.1, 0.15) is 23.4 Å². The van der Waals surface area contributed by atoms with Crippen LogP contribution in [-0.4, -0.2) is 35.9 Å². The molecular weight excluding hydrogens is 234 g/mol. The van der Waals surface area contributed by atoms with Crippen LogP contribution in [0, 0.1) is 12.8 Å². The fourth-order valence-electron chi connectivity index (χ4n) is 1.62. The van der Waals surface area contributed by atoms with Gasteiger partial charge in [0.05, 0.1) is 24.3 Å². The number of amides is 1. The lowest BCUT2D eigenvalue weighted by Gasteiger charge is -2.16. The first-order chi connectivity index (χ1) is 8.16. The van der Waals surface area contributed by atoms with Gasteiger partial charge in [-0.1, -0.05) is 0 Å². The quantitative estimate of drug-likeness (QED) is 0.833. The summed E-state index contributed by atoms with van der Waals surface area (Å²) in [5.74, 6) is 0.968. The lowest BCUT2D eigenvalue weighted by atomic mass is 10.3. The first-order valence-corrected chi connectivity index (χ1v) is 6.88. The number of nitrogens with one attached hydrogen (secondary N) is 1. The van der Waals surface area contributed by atoms with Crippen molar-refractivity contribution in [3.8, 4) is 0 Å². The molecule has 1 aromatic heterocycles. The van der Waals surface area contributed by atoms with Crippen molar-refractivity contribution >= 4 is 17.2 Å². The van der Waals surface area contributed by atoms with Crippen molar-refractivity contribution in [3.63, 3.8) is 0 Å². The van der Waals surface area contributed by atoms with E-state index in [1.165, 1.54) is 17.7 Å². The van der Waals surface area contributed by atoms with E-state index in [2.05, 4.69) is 10.3 Å². The van der Waals surface area contributed by atoms with Crippen LogP contribution in [0.5, 0.6) is 0 Å². The van der Waals surface area contributed by atoms with E-state index < -0.39 is 0 Å². The van der Waals surface area contributed by atoms with Crippen LogP contribution >= 0.6 is 11.3 Å². The zero-order chi connectivity index (χ0) is 12.3. The van der Waals surface area contributed by atoms with Gasteiger partial charge >= 0.3 is 0 Å². The second-order valence-corrected chi connectivity index (χ2v) is 5.62. The van der Waals surface area contributed by atoms with Crippen molar-refractivity contribution in [2.75, 3.05) is 20.1 Å². The van der Waals surface area contributed by atoms with Crippen molar-refractivity contribution < 1.29 is 4.79 Å². The molecule has 0 unspecified atom stereocenters. The molecule has 1 amide bonds. The van der Waals surface area contributed by atoms with Crippen LogP contribution in [0.3, 0.4) is 0 Å². The predicted octanol–water partition coefficient (Wildman–Crippen LogP) is 1.41. The molecule has 94 valence electrons. The topological polar surface area (TPSA) is 45.2 Å². The molecule has 0 radical (unpaired) electrons. The van der Waals surface area contributed by atoms with Gasteiger partial charge in [-0.15, -0.1) is 11.3 Å². The molecule has 1 fully saturated rings. The second-order valence-electron chi connectivity index (χ2n) is 4.69. The molecule has 0 saturated heterocycles. The Hall–Kier alpha value is -0.940. The average Bonchev–Trinajstić information content (AvgIpc) is 3.04. The molecular formula is C12H19N3OS. The summed E-state index contributed by atoms with van der Waals surface area (Å²) in [6.07, 6.45) is 2.63. The van der Waals surface area contributed by atoms with E-state index in [4.69, 9.17) is 0 Å². The van der Waals surface area contributed by atoms with E-state index in [1.807, 2.05) is 19.5 Å². The van der Waals surface area contributed by atoms with Gasteiger partial charge in [0.1, 0.15) is 0 Å². The smallest absolute Gasteiger partial charge is 0.236 e. The first kappa shape index (κ1) is 12.5. The zero-order valence-electron chi connectivity index (χ0n) is 10.4. The molecule has 0 atom stereocenters. The van der Waals surface area contributed by atoms with Crippen LogP contribution in [-0.2, 0) is 11.3 Å². The molecule has 0 aromatic carbocycles. The van der Waals surface area contributed by atoms with Crippen LogP contribution in [0.4, 0.5) is 0 Å². The Kier molecular flexibility index (Phi) is 4.12. The SMILES string of the molecule is Cc1ncsc1CN(C)C(=O)CNCC1CC1. The number of likely N-dealkylation sites (N-methyl/N-ethyl adjacent to an activating group) is 1. The molecule has 0 bridgehead atoms. The molecule has 4 nitrogen and oxygen atoms in total. The molecule has 1 heterocycles. The van der Waals surface area contributed by atoms with E-state index in [1.54, 1.807) is 16.2 Å². The van der Waals surface area contributed by atoms with Gasteiger partial charge in [0, 0.05) is 11.9 Å². The van der Waals surface area contributed by atoms with Crippen molar-refractivity contribution in [2.45, 2.75) is 26.3 Å². The van der Waals surface area contributed by atoms with Crippen LogP contribution < -0.4 is 5.32 Å². The highest BCUT2D eigenvalue weighted by atomic mass is 32.1. The maximum Gasteiger partial charge on any atom is 0.236 e. The largest absolute Gasteiger partial charge is 0.339 e. The number of carbonyl (C=O) groups excluding carboxylic acids is 1. The Labute approximate surface area is 106 Å². The molecule has 5 heteroatoms. The van der Waals surface area contributed by atoms with Crippen molar-refractivity contribution in [3.05, 3.63) is 16.1 Å². The molecule has 1 aliphatic rings. The maximum atomic E-state index is 11.8. The highest BCUT2D eigenvalue weighted by Gasteiger charge is 2.21. The molecule has 1 aliphatic carbocycles. The molecule has 2 rings (SSSR count). The van der Waals surface area contributed by atoms with Crippen LogP contribution in [0.25, 0.3) is 0 Å². The van der Waals surface area contributed by atoms with Gasteiger partial charge in [-0.25, -0.2) is 4.98 Å². The third kappa shape index (κ3) is 3.78. The van der Waals surface area contributed by atoms with Crippen molar-refractivity contribution in [1.29, 1.82) is 0 Å². The van der Waals surface area contributed by atoms with Crippen LogP contribution in [0.2, 0.25) is 0 Å². The highest BCUT2D eigenvalue weighted by molar-refractivity contribution is 7.09. The Morgan fingerprint density at radius 3 is 3.00 bits per heavy atom. The van der Waals surface area contributed by atoms with Gasteiger partial charge in [0.25, 0.3) is 0 Å². The normalized spacial score (nSPS) is 14.9.